The van der Waals surface area contributed by atoms with Gasteiger partial charge in [0.1, 0.15) is 12.4 Å². The summed E-state index contributed by atoms with van der Waals surface area (Å²) in [4.78, 5) is 4.12. The van der Waals surface area contributed by atoms with Crippen molar-refractivity contribution < 1.29 is 4.74 Å². The van der Waals surface area contributed by atoms with Crippen molar-refractivity contribution in [1.29, 1.82) is 0 Å². The van der Waals surface area contributed by atoms with E-state index in [1.54, 1.807) is 12.4 Å². The highest BCUT2D eigenvalue weighted by Gasteiger charge is 1.97. The number of hydrogen-bond donors (Lipinski definition) is 1. The average molecular weight is 252 g/mol. The van der Waals surface area contributed by atoms with Gasteiger partial charge in [-0.3, -0.25) is 4.98 Å². The van der Waals surface area contributed by atoms with Crippen molar-refractivity contribution in [2.45, 2.75) is 13.0 Å². The van der Waals surface area contributed by atoms with Gasteiger partial charge in [0, 0.05) is 24.7 Å². The first-order valence-electron chi connectivity index (χ1n) is 6.19. The van der Waals surface area contributed by atoms with Gasteiger partial charge in [0.25, 0.3) is 0 Å². The zero-order valence-corrected chi connectivity index (χ0v) is 10.7. The smallest absolute Gasteiger partial charge is 0.139 e. The lowest BCUT2D eigenvalue weighted by Crippen LogP contribution is -1.96. The van der Waals surface area contributed by atoms with Crippen LogP contribution >= 0.6 is 0 Å². The third-order valence-electron chi connectivity index (χ3n) is 2.46. The van der Waals surface area contributed by atoms with Gasteiger partial charge in [-0.15, -0.1) is 0 Å². The minimum atomic E-state index is 0.530. The highest BCUT2D eigenvalue weighted by Crippen LogP contribution is 2.12. The van der Waals surface area contributed by atoms with Crippen LogP contribution in [0.3, 0.4) is 0 Å². The van der Waals surface area contributed by atoms with Crippen LogP contribution in [0.5, 0.6) is 5.75 Å². The van der Waals surface area contributed by atoms with Gasteiger partial charge in [0.15, 0.2) is 0 Å². The Morgan fingerprint density at radius 1 is 1.16 bits per heavy atom. The van der Waals surface area contributed by atoms with Crippen molar-refractivity contribution in [3.8, 4) is 17.6 Å². The molecule has 0 saturated heterocycles. The second-order valence-corrected chi connectivity index (χ2v) is 4.02. The molecule has 0 aliphatic heterocycles. The lowest BCUT2D eigenvalue weighted by atomic mass is 10.2. The zero-order chi connectivity index (χ0) is 13.3. The quantitative estimate of drug-likeness (QED) is 0.850. The van der Waals surface area contributed by atoms with Crippen molar-refractivity contribution in [2.75, 3.05) is 6.54 Å². The third kappa shape index (κ3) is 4.46. The maximum absolute atomic E-state index is 5.68. The van der Waals surface area contributed by atoms with Gasteiger partial charge < -0.3 is 10.5 Å². The molecule has 1 heterocycles. The fraction of sp³-hybridized carbons (Fsp3) is 0.188. The molecule has 0 saturated carbocycles. The number of nitrogens with two attached hydrogens (primary N) is 1. The fourth-order valence-corrected chi connectivity index (χ4v) is 1.54. The molecule has 1 aromatic carbocycles. The minimum absolute atomic E-state index is 0.530. The third-order valence-corrected chi connectivity index (χ3v) is 2.46. The lowest BCUT2D eigenvalue weighted by Gasteiger charge is -2.05. The summed E-state index contributed by atoms with van der Waals surface area (Å²) in [6, 6.07) is 11.9. The molecule has 0 unspecified atom stereocenters. The number of ether oxygens (including phenoxy) is 1. The molecule has 0 radical (unpaired) electrons. The van der Waals surface area contributed by atoms with Gasteiger partial charge in [-0.25, -0.2) is 0 Å². The van der Waals surface area contributed by atoms with Crippen LogP contribution in [-0.2, 0) is 6.61 Å². The number of pyridine rings is 1. The number of benzene rings is 1. The summed E-state index contributed by atoms with van der Waals surface area (Å²) < 4.78 is 5.68. The summed E-state index contributed by atoms with van der Waals surface area (Å²) in [6.07, 6.45) is 4.10. The normalized spacial score (nSPS) is 9.53. The molecule has 0 amide bonds. The van der Waals surface area contributed by atoms with E-state index < -0.39 is 0 Å². The molecule has 3 nitrogen and oxygen atoms in total. The molecule has 0 aliphatic carbocycles. The molecule has 0 bridgehead atoms. The Labute approximate surface area is 113 Å². The Hall–Kier alpha value is -2.31. The molecule has 96 valence electrons. The molecular weight excluding hydrogens is 236 g/mol. The van der Waals surface area contributed by atoms with E-state index in [-0.39, 0.29) is 0 Å². The van der Waals surface area contributed by atoms with E-state index in [0.717, 1.165) is 16.9 Å². The Morgan fingerprint density at radius 3 is 2.79 bits per heavy atom. The van der Waals surface area contributed by atoms with Gasteiger partial charge in [0.05, 0.1) is 6.20 Å². The van der Waals surface area contributed by atoms with E-state index in [0.29, 0.717) is 19.6 Å². The summed E-state index contributed by atoms with van der Waals surface area (Å²) in [5.41, 5.74) is 7.37. The standard InChI is InChI=1S/C16H16N2O/c17-9-5-4-8-15-10-16(12-18-11-15)19-13-14-6-2-1-3-7-14/h1-3,6-7,10-12H,5,9,13,17H2. The summed E-state index contributed by atoms with van der Waals surface area (Å²) in [5, 5.41) is 0. The topological polar surface area (TPSA) is 48.1 Å². The van der Waals surface area contributed by atoms with E-state index in [2.05, 4.69) is 16.8 Å². The molecule has 2 aromatic rings. The first kappa shape index (κ1) is 13.1. The Balaban J connectivity index is 1.98. The molecule has 0 atom stereocenters. The van der Waals surface area contributed by atoms with E-state index in [4.69, 9.17) is 10.5 Å². The Bertz CT molecular complexity index is 570. The predicted octanol–water partition coefficient (Wildman–Crippen LogP) is 2.36. The van der Waals surface area contributed by atoms with E-state index >= 15 is 0 Å². The monoisotopic (exact) mass is 252 g/mol. The molecule has 19 heavy (non-hydrogen) atoms. The summed E-state index contributed by atoms with van der Waals surface area (Å²) in [7, 11) is 0. The lowest BCUT2D eigenvalue weighted by molar-refractivity contribution is 0.305. The maximum atomic E-state index is 5.68. The molecular formula is C16H16N2O. The summed E-state index contributed by atoms with van der Waals surface area (Å²) >= 11 is 0. The van der Waals surface area contributed by atoms with E-state index in [1.807, 2.05) is 36.4 Å². The highest BCUT2D eigenvalue weighted by atomic mass is 16.5. The van der Waals surface area contributed by atoms with Crippen LogP contribution in [0.15, 0.2) is 48.8 Å². The first-order chi connectivity index (χ1) is 9.38. The molecule has 0 aliphatic rings. The highest BCUT2D eigenvalue weighted by molar-refractivity contribution is 5.36. The number of aromatic nitrogens is 1. The van der Waals surface area contributed by atoms with Crippen LogP contribution in [0.4, 0.5) is 0 Å². The molecule has 0 spiro atoms. The maximum Gasteiger partial charge on any atom is 0.139 e. The van der Waals surface area contributed by atoms with Crippen LogP contribution in [-0.4, -0.2) is 11.5 Å². The largest absolute Gasteiger partial charge is 0.487 e. The SMILES string of the molecule is NCCC#Cc1cncc(OCc2ccccc2)c1. The van der Waals surface area contributed by atoms with Gasteiger partial charge in [-0.05, 0) is 11.6 Å². The number of nitrogens with zero attached hydrogens (tertiary/aromatic N) is 1. The van der Waals surface area contributed by atoms with Crippen LogP contribution < -0.4 is 10.5 Å². The summed E-state index contributed by atoms with van der Waals surface area (Å²) in [6.45, 7) is 1.10. The van der Waals surface area contributed by atoms with Crippen molar-refractivity contribution in [3.05, 3.63) is 59.9 Å². The zero-order valence-electron chi connectivity index (χ0n) is 10.7. The number of rotatable bonds is 4. The average Bonchev–Trinajstić information content (AvgIpc) is 2.47. The number of hydrogen-bond acceptors (Lipinski definition) is 3. The van der Waals surface area contributed by atoms with E-state index in [9.17, 15) is 0 Å². The molecule has 2 N–H and O–H groups in total. The summed E-state index contributed by atoms with van der Waals surface area (Å²) in [5.74, 6) is 6.72. The predicted molar refractivity (Wildman–Crippen MR) is 75.6 cm³/mol. The van der Waals surface area contributed by atoms with E-state index in [1.165, 1.54) is 0 Å². The van der Waals surface area contributed by atoms with Crippen LogP contribution in [0.1, 0.15) is 17.5 Å². The second kappa shape index (κ2) is 7.20. The molecule has 3 heteroatoms. The first-order valence-corrected chi connectivity index (χ1v) is 6.19. The van der Waals surface area contributed by atoms with Crippen LogP contribution in [0.2, 0.25) is 0 Å². The van der Waals surface area contributed by atoms with Crippen molar-refractivity contribution >= 4 is 0 Å². The second-order valence-electron chi connectivity index (χ2n) is 4.02. The minimum Gasteiger partial charge on any atom is -0.487 e. The molecule has 0 fully saturated rings. The molecule has 2 rings (SSSR count). The van der Waals surface area contributed by atoms with Gasteiger partial charge in [-0.1, -0.05) is 42.2 Å². The van der Waals surface area contributed by atoms with Gasteiger partial charge in [-0.2, -0.15) is 0 Å². The van der Waals surface area contributed by atoms with Crippen molar-refractivity contribution in [1.82, 2.24) is 4.98 Å². The fourth-order valence-electron chi connectivity index (χ4n) is 1.54. The van der Waals surface area contributed by atoms with Crippen LogP contribution in [0, 0.1) is 11.8 Å². The van der Waals surface area contributed by atoms with Gasteiger partial charge >= 0.3 is 0 Å². The van der Waals surface area contributed by atoms with Crippen molar-refractivity contribution in [3.63, 3.8) is 0 Å². The Kier molecular flexibility index (Phi) is 4.97. The van der Waals surface area contributed by atoms with Gasteiger partial charge in [0.2, 0.25) is 0 Å². The van der Waals surface area contributed by atoms with Crippen LogP contribution in [0.25, 0.3) is 0 Å². The Morgan fingerprint density at radius 2 is 2.00 bits per heavy atom. The van der Waals surface area contributed by atoms with Crippen molar-refractivity contribution in [2.24, 2.45) is 5.73 Å². The molecule has 1 aromatic heterocycles.